The van der Waals surface area contributed by atoms with Crippen molar-refractivity contribution in [3.63, 3.8) is 0 Å². The van der Waals surface area contributed by atoms with E-state index in [1.807, 2.05) is 6.92 Å². The van der Waals surface area contributed by atoms with Crippen molar-refractivity contribution in [2.24, 2.45) is 0 Å². The lowest BCUT2D eigenvalue weighted by Crippen LogP contribution is -2.27. The van der Waals surface area contributed by atoms with Gasteiger partial charge in [-0.15, -0.1) is 0 Å². The van der Waals surface area contributed by atoms with Crippen molar-refractivity contribution in [3.8, 4) is 0 Å². The van der Waals surface area contributed by atoms with Gasteiger partial charge in [-0.05, 0) is 6.92 Å². The molecule has 0 heterocycles. The lowest BCUT2D eigenvalue weighted by molar-refractivity contribution is -0.158. The van der Waals surface area contributed by atoms with Gasteiger partial charge in [0.1, 0.15) is 5.78 Å². The van der Waals surface area contributed by atoms with Crippen molar-refractivity contribution in [1.29, 1.82) is 0 Å². The summed E-state index contributed by atoms with van der Waals surface area (Å²) in [6.45, 7) is 2.77. The lowest BCUT2D eigenvalue weighted by Gasteiger charge is -2.10. The van der Waals surface area contributed by atoms with Gasteiger partial charge in [0.15, 0.2) is 5.78 Å². The molecule has 0 aromatic carbocycles. The van der Waals surface area contributed by atoms with E-state index >= 15 is 0 Å². The van der Waals surface area contributed by atoms with Crippen LogP contribution < -0.4 is 0 Å². The SMILES string of the molecule is CCOCCC(=O)CC(=O)C(OC)OC. The summed E-state index contributed by atoms with van der Waals surface area (Å²) in [5, 5.41) is 0. The number of carbonyl (C=O) groups excluding carboxylic acids is 2. The van der Waals surface area contributed by atoms with E-state index in [4.69, 9.17) is 14.2 Å². The minimum absolute atomic E-state index is 0.160. The van der Waals surface area contributed by atoms with E-state index in [0.29, 0.717) is 13.2 Å². The van der Waals surface area contributed by atoms with Gasteiger partial charge in [-0.1, -0.05) is 0 Å². The molecule has 0 aliphatic rings. The Kier molecular flexibility index (Phi) is 8.08. The van der Waals surface area contributed by atoms with E-state index in [9.17, 15) is 9.59 Å². The van der Waals surface area contributed by atoms with Gasteiger partial charge in [0, 0.05) is 27.2 Å². The summed E-state index contributed by atoms with van der Waals surface area (Å²) in [5.74, 6) is -0.519. The molecule has 0 aliphatic heterocycles. The Morgan fingerprint density at radius 1 is 1.20 bits per heavy atom. The van der Waals surface area contributed by atoms with Gasteiger partial charge >= 0.3 is 0 Å². The van der Waals surface area contributed by atoms with Crippen molar-refractivity contribution in [2.75, 3.05) is 27.4 Å². The molecule has 0 atom stereocenters. The van der Waals surface area contributed by atoms with Crippen LogP contribution in [-0.4, -0.2) is 45.3 Å². The zero-order chi connectivity index (χ0) is 11.7. The highest BCUT2D eigenvalue weighted by molar-refractivity contribution is 6.00. The zero-order valence-electron chi connectivity index (χ0n) is 9.45. The molecular weight excluding hydrogens is 200 g/mol. The molecule has 0 radical (unpaired) electrons. The predicted molar refractivity (Wildman–Crippen MR) is 53.5 cm³/mol. The number of Topliss-reactive ketones (excluding diaryl/α,β-unsaturated/α-hetero) is 2. The molecule has 0 aromatic rings. The first kappa shape index (κ1) is 14.2. The normalized spacial score (nSPS) is 10.7. The highest BCUT2D eigenvalue weighted by Crippen LogP contribution is 2.00. The van der Waals surface area contributed by atoms with E-state index in [1.54, 1.807) is 0 Å². The summed E-state index contributed by atoms with van der Waals surface area (Å²) in [4.78, 5) is 22.6. The molecule has 15 heavy (non-hydrogen) atoms. The highest BCUT2D eigenvalue weighted by atomic mass is 16.7. The largest absolute Gasteiger partial charge is 0.381 e. The van der Waals surface area contributed by atoms with E-state index in [2.05, 4.69) is 0 Å². The van der Waals surface area contributed by atoms with Gasteiger partial charge < -0.3 is 14.2 Å². The van der Waals surface area contributed by atoms with Crippen molar-refractivity contribution < 1.29 is 23.8 Å². The highest BCUT2D eigenvalue weighted by Gasteiger charge is 2.19. The molecule has 0 unspecified atom stereocenters. The second kappa shape index (κ2) is 8.52. The van der Waals surface area contributed by atoms with Gasteiger partial charge in [0.25, 0.3) is 0 Å². The van der Waals surface area contributed by atoms with Gasteiger partial charge in [-0.25, -0.2) is 0 Å². The molecule has 0 saturated carbocycles. The average Bonchev–Trinajstić information content (AvgIpc) is 2.20. The zero-order valence-corrected chi connectivity index (χ0v) is 9.45. The van der Waals surface area contributed by atoms with Crippen molar-refractivity contribution in [3.05, 3.63) is 0 Å². The number of ether oxygens (including phenoxy) is 3. The maximum atomic E-state index is 11.3. The standard InChI is InChI=1S/C10H18O5/c1-4-15-6-5-8(11)7-9(12)10(13-2)14-3/h10H,4-7H2,1-3H3. The number of carbonyl (C=O) groups is 2. The molecule has 0 rings (SSSR count). The van der Waals surface area contributed by atoms with Crippen molar-refractivity contribution >= 4 is 11.6 Å². The molecule has 5 heteroatoms. The first-order valence-corrected chi connectivity index (χ1v) is 4.83. The fraction of sp³-hybridized carbons (Fsp3) is 0.800. The molecule has 0 fully saturated rings. The topological polar surface area (TPSA) is 61.8 Å². The van der Waals surface area contributed by atoms with Crippen LogP contribution in [0.1, 0.15) is 19.8 Å². The van der Waals surface area contributed by atoms with Gasteiger partial charge in [-0.2, -0.15) is 0 Å². The van der Waals surface area contributed by atoms with Crippen LogP contribution >= 0.6 is 0 Å². The monoisotopic (exact) mass is 218 g/mol. The Balaban J connectivity index is 3.80. The number of ketones is 2. The van der Waals surface area contributed by atoms with E-state index in [1.165, 1.54) is 14.2 Å². The van der Waals surface area contributed by atoms with Crippen LogP contribution in [0.3, 0.4) is 0 Å². The van der Waals surface area contributed by atoms with Crippen LogP contribution in [0, 0.1) is 0 Å². The summed E-state index contributed by atoms with van der Waals surface area (Å²) in [6, 6.07) is 0. The maximum Gasteiger partial charge on any atom is 0.217 e. The number of methoxy groups -OCH3 is 2. The molecule has 0 spiro atoms. The number of rotatable bonds is 9. The quantitative estimate of drug-likeness (QED) is 0.321. The summed E-state index contributed by atoms with van der Waals surface area (Å²) >= 11 is 0. The van der Waals surface area contributed by atoms with Crippen LogP contribution in [-0.2, 0) is 23.8 Å². The first-order valence-electron chi connectivity index (χ1n) is 4.83. The van der Waals surface area contributed by atoms with Gasteiger partial charge in [0.2, 0.25) is 6.29 Å². The Morgan fingerprint density at radius 2 is 1.80 bits per heavy atom. The van der Waals surface area contributed by atoms with Gasteiger partial charge in [0.05, 0.1) is 13.0 Å². The Bertz CT molecular complexity index is 198. The Labute approximate surface area is 89.7 Å². The summed E-state index contributed by atoms with van der Waals surface area (Å²) in [5.41, 5.74) is 0. The minimum atomic E-state index is -0.943. The van der Waals surface area contributed by atoms with Crippen LogP contribution in [0.15, 0.2) is 0 Å². The average molecular weight is 218 g/mol. The third-order valence-corrected chi connectivity index (χ3v) is 1.79. The van der Waals surface area contributed by atoms with E-state index < -0.39 is 6.29 Å². The second-order valence-corrected chi connectivity index (χ2v) is 2.93. The number of hydrogen-bond donors (Lipinski definition) is 0. The Hall–Kier alpha value is -0.780. The van der Waals surface area contributed by atoms with Gasteiger partial charge in [-0.3, -0.25) is 9.59 Å². The predicted octanol–water partition coefficient (Wildman–Crippen LogP) is 0.560. The minimum Gasteiger partial charge on any atom is -0.381 e. The molecular formula is C10H18O5. The molecule has 0 saturated heterocycles. The maximum absolute atomic E-state index is 11.3. The van der Waals surface area contributed by atoms with Crippen molar-refractivity contribution in [1.82, 2.24) is 0 Å². The second-order valence-electron chi connectivity index (χ2n) is 2.93. The molecule has 0 bridgehead atoms. The molecule has 0 aliphatic carbocycles. The van der Waals surface area contributed by atoms with E-state index in [0.717, 1.165) is 0 Å². The first-order chi connectivity index (χ1) is 7.15. The molecule has 0 N–H and O–H groups in total. The smallest absolute Gasteiger partial charge is 0.217 e. The van der Waals surface area contributed by atoms with Crippen LogP contribution in [0.5, 0.6) is 0 Å². The molecule has 5 nitrogen and oxygen atoms in total. The third kappa shape index (κ3) is 6.33. The third-order valence-electron chi connectivity index (χ3n) is 1.79. The van der Waals surface area contributed by atoms with Crippen LogP contribution in [0.4, 0.5) is 0 Å². The van der Waals surface area contributed by atoms with Crippen LogP contribution in [0.25, 0.3) is 0 Å². The Morgan fingerprint density at radius 3 is 2.27 bits per heavy atom. The fourth-order valence-electron chi connectivity index (χ4n) is 1.06. The van der Waals surface area contributed by atoms with Crippen LogP contribution in [0.2, 0.25) is 0 Å². The summed E-state index contributed by atoms with van der Waals surface area (Å²) < 4.78 is 14.5. The molecule has 0 aromatic heterocycles. The molecule has 0 amide bonds. The fourth-order valence-corrected chi connectivity index (χ4v) is 1.06. The van der Waals surface area contributed by atoms with Crippen molar-refractivity contribution in [2.45, 2.75) is 26.1 Å². The molecule has 88 valence electrons. The summed E-state index contributed by atoms with van der Waals surface area (Å²) in [6.07, 6.45) is -0.861. The van der Waals surface area contributed by atoms with E-state index in [-0.39, 0.29) is 24.4 Å². The number of hydrogen-bond acceptors (Lipinski definition) is 5. The summed E-state index contributed by atoms with van der Waals surface area (Å²) in [7, 11) is 2.72. The lowest BCUT2D eigenvalue weighted by atomic mass is 10.1.